The Hall–Kier alpha value is -3.96. The minimum atomic E-state index is -4.74. The Morgan fingerprint density at radius 3 is 2.56 bits per heavy atom. The van der Waals surface area contributed by atoms with Gasteiger partial charge in [0.15, 0.2) is 0 Å². The maximum atomic E-state index is 13.3. The van der Waals surface area contributed by atoms with Crippen molar-refractivity contribution in [1.82, 2.24) is 9.80 Å². The number of aryl methyl sites for hydroxylation is 1. The highest BCUT2D eigenvalue weighted by molar-refractivity contribution is 6.00. The van der Waals surface area contributed by atoms with E-state index in [0.717, 1.165) is 52.9 Å². The summed E-state index contributed by atoms with van der Waals surface area (Å²) in [6, 6.07) is 9.78. The molecule has 0 bridgehead atoms. The van der Waals surface area contributed by atoms with Crippen LogP contribution in [0.4, 0.5) is 13.2 Å². The van der Waals surface area contributed by atoms with E-state index in [1.165, 1.54) is 17.7 Å². The van der Waals surface area contributed by atoms with Crippen LogP contribution in [-0.4, -0.2) is 28.6 Å². The fraction of sp³-hybridized carbons (Fsp3) is 0.353. The highest BCUT2D eigenvalue weighted by Gasteiger charge is 2.32. The lowest BCUT2D eigenvalue weighted by atomic mass is 9.90. The molecule has 0 saturated heterocycles. The average Bonchev–Trinajstić information content (AvgIpc) is 3.11. The zero-order chi connectivity index (χ0) is 29.3. The molecule has 41 heavy (non-hydrogen) atoms. The Morgan fingerprint density at radius 1 is 1.10 bits per heavy atom. The SMILES string of the molecule is CCC1C=CC=C(CN2C=C(c3cc(C)c4c(c3)CN(Cc3ccc(OC(F)(F)F)cc3)C4=O)C=C=C2C)C(C)C1. The van der Waals surface area contributed by atoms with Crippen LogP contribution in [0.1, 0.15) is 66.2 Å². The second kappa shape index (κ2) is 11.5. The summed E-state index contributed by atoms with van der Waals surface area (Å²) < 4.78 is 41.4. The minimum absolute atomic E-state index is 0.0714. The number of fused-ring (bicyclic) bond motifs is 1. The van der Waals surface area contributed by atoms with Crippen molar-refractivity contribution in [3.8, 4) is 5.75 Å². The van der Waals surface area contributed by atoms with Gasteiger partial charge in [0.05, 0.1) is 5.70 Å². The predicted molar refractivity (Wildman–Crippen MR) is 155 cm³/mol. The molecule has 1 amide bonds. The molecular weight excluding hydrogens is 525 g/mol. The first-order valence-electron chi connectivity index (χ1n) is 14.1. The average molecular weight is 561 g/mol. The van der Waals surface area contributed by atoms with E-state index in [-0.39, 0.29) is 11.7 Å². The molecule has 5 rings (SSSR count). The fourth-order valence-corrected chi connectivity index (χ4v) is 5.82. The van der Waals surface area contributed by atoms with Gasteiger partial charge < -0.3 is 14.5 Å². The summed E-state index contributed by atoms with van der Waals surface area (Å²) in [5.74, 6) is 0.759. The van der Waals surface area contributed by atoms with E-state index in [4.69, 9.17) is 0 Å². The van der Waals surface area contributed by atoms with Crippen LogP contribution in [0.5, 0.6) is 5.75 Å². The summed E-state index contributed by atoms with van der Waals surface area (Å²) in [5, 5.41) is 0. The number of ether oxygens (including phenoxy) is 1. The first kappa shape index (κ1) is 28.6. The molecule has 0 radical (unpaired) electrons. The van der Waals surface area contributed by atoms with Gasteiger partial charge in [-0.1, -0.05) is 56.0 Å². The Morgan fingerprint density at radius 2 is 1.85 bits per heavy atom. The van der Waals surface area contributed by atoms with E-state index in [1.54, 1.807) is 17.0 Å². The molecule has 0 spiro atoms. The number of carbonyl (C=O) groups excluding carboxylic acids is 1. The molecule has 2 atom stereocenters. The van der Waals surface area contributed by atoms with Gasteiger partial charge >= 0.3 is 6.36 Å². The third-order valence-corrected chi connectivity index (χ3v) is 8.17. The molecular formula is C34H35F3N2O2. The molecule has 214 valence electrons. The van der Waals surface area contributed by atoms with Gasteiger partial charge in [0.2, 0.25) is 0 Å². The Kier molecular flexibility index (Phi) is 8.01. The molecule has 0 aromatic heterocycles. The number of allylic oxidation sites excluding steroid dienone is 5. The van der Waals surface area contributed by atoms with Crippen molar-refractivity contribution in [2.45, 2.75) is 60.0 Å². The van der Waals surface area contributed by atoms with Crippen LogP contribution in [0.15, 0.2) is 83.9 Å². The van der Waals surface area contributed by atoms with E-state index in [9.17, 15) is 18.0 Å². The van der Waals surface area contributed by atoms with Gasteiger partial charge in [0.25, 0.3) is 5.91 Å². The zero-order valence-electron chi connectivity index (χ0n) is 23.9. The van der Waals surface area contributed by atoms with Crippen LogP contribution in [0, 0.1) is 18.8 Å². The standard InChI is InChI=1S/C34H35F3N2O2/c1-5-25-7-6-8-27(22(2)15-25)19-38-20-28(12-9-24(38)4)29-16-23(3)32-30(17-29)21-39(33(32)40)18-26-10-13-31(14-11-26)41-34(35,36)37/h6-8,10-14,16-17,20,22,25H,5,15,18-19,21H2,1-4H3. The molecule has 0 saturated carbocycles. The molecule has 2 unspecified atom stereocenters. The smallest absolute Gasteiger partial charge is 0.406 e. The molecule has 2 aromatic rings. The van der Waals surface area contributed by atoms with Gasteiger partial charge in [0.1, 0.15) is 5.75 Å². The van der Waals surface area contributed by atoms with Crippen LogP contribution in [0.2, 0.25) is 0 Å². The maximum Gasteiger partial charge on any atom is 0.573 e. The van der Waals surface area contributed by atoms with Crippen LogP contribution in [0.25, 0.3) is 5.57 Å². The van der Waals surface area contributed by atoms with Crippen LogP contribution >= 0.6 is 0 Å². The molecule has 0 fully saturated rings. The molecule has 2 heterocycles. The summed E-state index contributed by atoms with van der Waals surface area (Å²) in [5.41, 5.74) is 11.2. The van der Waals surface area contributed by atoms with Crippen molar-refractivity contribution < 1.29 is 22.7 Å². The lowest BCUT2D eigenvalue weighted by molar-refractivity contribution is -0.274. The molecule has 2 aromatic carbocycles. The fourth-order valence-electron chi connectivity index (χ4n) is 5.82. The molecule has 7 heteroatoms. The third kappa shape index (κ3) is 6.52. The van der Waals surface area contributed by atoms with Gasteiger partial charge in [-0.25, -0.2) is 0 Å². The normalized spacial score (nSPS) is 20.5. The number of amides is 1. The minimum Gasteiger partial charge on any atom is -0.406 e. The zero-order valence-corrected chi connectivity index (χ0v) is 23.9. The van der Waals surface area contributed by atoms with Crippen LogP contribution in [-0.2, 0) is 13.1 Å². The molecule has 3 aliphatic rings. The first-order chi connectivity index (χ1) is 19.5. The van der Waals surface area contributed by atoms with E-state index >= 15 is 0 Å². The number of benzene rings is 2. The van der Waals surface area contributed by atoms with Crippen molar-refractivity contribution in [3.05, 3.63) is 112 Å². The summed E-state index contributed by atoms with van der Waals surface area (Å²) >= 11 is 0. The summed E-state index contributed by atoms with van der Waals surface area (Å²) in [6.45, 7) is 10.1. The molecule has 1 aliphatic carbocycles. The Balaban J connectivity index is 1.32. The number of nitrogens with zero attached hydrogens (tertiary/aromatic N) is 2. The van der Waals surface area contributed by atoms with Crippen molar-refractivity contribution in [2.24, 2.45) is 11.8 Å². The summed E-state index contributed by atoms with van der Waals surface area (Å²) in [7, 11) is 0. The van der Waals surface area contributed by atoms with Crippen molar-refractivity contribution in [2.75, 3.05) is 6.54 Å². The van der Waals surface area contributed by atoms with E-state index in [2.05, 4.69) is 72.7 Å². The largest absolute Gasteiger partial charge is 0.573 e. The van der Waals surface area contributed by atoms with Gasteiger partial charge in [-0.2, -0.15) is 0 Å². The van der Waals surface area contributed by atoms with E-state index < -0.39 is 6.36 Å². The van der Waals surface area contributed by atoms with Gasteiger partial charge in [-0.05, 0) is 90.6 Å². The van der Waals surface area contributed by atoms with E-state index in [0.29, 0.717) is 30.5 Å². The Bertz CT molecular complexity index is 1490. The highest BCUT2D eigenvalue weighted by Crippen LogP contribution is 2.34. The molecule has 0 N–H and O–H groups in total. The second-order valence-corrected chi connectivity index (χ2v) is 11.2. The topological polar surface area (TPSA) is 32.8 Å². The molecule has 2 aliphatic heterocycles. The third-order valence-electron chi connectivity index (χ3n) is 8.17. The number of rotatable bonds is 7. The van der Waals surface area contributed by atoms with Gasteiger partial charge in [-0.3, -0.25) is 4.79 Å². The quantitative estimate of drug-likeness (QED) is 0.319. The van der Waals surface area contributed by atoms with Crippen molar-refractivity contribution >= 4 is 11.5 Å². The maximum absolute atomic E-state index is 13.3. The number of alkyl halides is 3. The number of halogens is 3. The molecule has 4 nitrogen and oxygen atoms in total. The van der Waals surface area contributed by atoms with Crippen LogP contribution in [0.3, 0.4) is 0 Å². The van der Waals surface area contributed by atoms with Crippen LogP contribution < -0.4 is 4.74 Å². The lowest BCUT2D eigenvalue weighted by Gasteiger charge is -2.27. The van der Waals surface area contributed by atoms with Gasteiger partial charge in [-0.15, -0.1) is 13.2 Å². The van der Waals surface area contributed by atoms with Crippen molar-refractivity contribution in [1.29, 1.82) is 0 Å². The predicted octanol–water partition coefficient (Wildman–Crippen LogP) is 8.31. The summed E-state index contributed by atoms with van der Waals surface area (Å²) in [4.78, 5) is 17.3. The highest BCUT2D eigenvalue weighted by atomic mass is 19.4. The number of carbonyl (C=O) groups is 1. The van der Waals surface area contributed by atoms with E-state index in [1.807, 2.05) is 13.0 Å². The lowest BCUT2D eigenvalue weighted by Crippen LogP contribution is -2.23. The monoisotopic (exact) mass is 560 g/mol. The van der Waals surface area contributed by atoms with Crippen molar-refractivity contribution in [3.63, 3.8) is 0 Å². The number of hydrogen-bond donors (Lipinski definition) is 0. The second-order valence-electron chi connectivity index (χ2n) is 11.2. The Labute approximate surface area is 239 Å². The first-order valence-corrected chi connectivity index (χ1v) is 14.1. The summed E-state index contributed by atoms with van der Waals surface area (Å²) in [6.07, 6.45) is 8.52. The number of hydrogen-bond acceptors (Lipinski definition) is 3. The van der Waals surface area contributed by atoms with Gasteiger partial charge in [0, 0.05) is 37.0 Å².